The molecular weight excluding hydrogens is 236 g/mol. The fourth-order valence-electron chi connectivity index (χ4n) is 1.19. The Morgan fingerprint density at radius 1 is 1.59 bits per heavy atom. The molecule has 1 unspecified atom stereocenters. The second-order valence-corrected chi connectivity index (χ2v) is 4.95. The molecule has 1 rings (SSSR count). The molecule has 0 radical (unpaired) electrons. The van der Waals surface area contributed by atoms with Crippen molar-refractivity contribution in [3.63, 3.8) is 0 Å². The maximum Gasteiger partial charge on any atom is 0.339 e. The van der Waals surface area contributed by atoms with Crippen molar-refractivity contribution in [3.8, 4) is 0 Å². The third kappa shape index (κ3) is 5.19. The number of hydrogen-bond donors (Lipinski definition) is 1. The van der Waals surface area contributed by atoms with Crippen LogP contribution in [0.1, 0.15) is 29.4 Å². The lowest BCUT2D eigenvalue weighted by Gasteiger charge is -2.04. The average molecular weight is 254 g/mol. The Bertz CT molecular complexity index is 352. The summed E-state index contributed by atoms with van der Waals surface area (Å²) in [6.07, 6.45) is 2.55. The standard InChI is InChI=1S/C12H18N2O2S/c1-9(13)5-6-17-8-11-4-3-10(7-14-11)12(15)16-2/h3-4,7,9H,5-6,8,13H2,1-2H3. The Hall–Kier alpha value is -1.07. The first-order valence-corrected chi connectivity index (χ1v) is 6.65. The van der Waals surface area contributed by atoms with Gasteiger partial charge >= 0.3 is 5.97 Å². The molecule has 0 saturated heterocycles. The average Bonchev–Trinajstić information content (AvgIpc) is 2.34. The number of hydrogen-bond acceptors (Lipinski definition) is 5. The summed E-state index contributed by atoms with van der Waals surface area (Å²) in [5.41, 5.74) is 7.11. The predicted molar refractivity (Wildman–Crippen MR) is 70.0 cm³/mol. The number of methoxy groups -OCH3 is 1. The smallest absolute Gasteiger partial charge is 0.339 e. The van der Waals surface area contributed by atoms with Gasteiger partial charge in [-0.15, -0.1) is 0 Å². The van der Waals surface area contributed by atoms with Crippen LogP contribution in [0.2, 0.25) is 0 Å². The van der Waals surface area contributed by atoms with Crippen molar-refractivity contribution in [2.24, 2.45) is 5.73 Å². The number of nitrogens with zero attached hydrogens (tertiary/aromatic N) is 1. The highest BCUT2D eigenvalue weighted by Crippen LogP contribution is 2.12. The lowest BCUT2D eigenvalue weighted by molar-refractivity contribution is 0.0600. The predicted octanol–water partition coefficient (Wildman–Crippen LogP) is 1.84. The fourth-order valence-corrected chi connectivity index (χ4v) is 2.26. The van der Waals surface area contributed by atoms with Crippen molar-refractivity contribution >= 4 is 17.7 Å². The minimum absolute atomic E-state index is 0.247. The number of aromatic nitrogens is 1. The third-order valence-electron chi connectivity index (χ3n) is 2.21. The normalized spacial score (nSPS) is 12.2. The van der Waals surface area contributed by atoms with E-state index in [1.165, 1.54) is 7.11 Å². The number of esters is 1. The van der Waals surface area contributed by atoms with E-state index in [0.717, 1.165) is 23.6 Å². The van der Waals surface area contributed by atoms with E-state index in [1.54, 1.807) is 24.0 Å². The van der Waals surface area contributed by atoms with Gasteiger partial charge in [-0.05, 0) is 31.2 Å². The first-order valence-electron chi connectivity index (χ1n) is 5.50. The van der Waals surface area contributed by atoms with Crippen LogP contribution in [0.25, 0.3) is 0 Å². The topological polar surface area (TPSA) is 65.2 Å². The summed E-state index contributed by atoms with van der Waals surface area (Å²) in [5.74, 6) is 1.51. The highest BCUT2D eigenvalue weighted by molar-refractivity contribution is 7.98. The molecule has 17 heavy (non-hydrogen) atoms. The van der Waals surface area contributed by atoms with Crippen molar-refractivity contribution in [2.45, 2.75) is 25.1 Å². The lowest BCUT2D eigenvalue weighted by Crippen LogP contribution is -2.15. The highest BCUT2D eigenvalue weighted by Gasteiger charge is 2.05. The number of carbonyl (C=O) groups excluding carboxylic acids is 1. The first-order chi connectivity index (χ1) is 8.13. The first kappa shape index (κ1) is 14.0. The molecule has 94 valence electrons. The van der Waals surface area contributed by atoms with Crippen LogP contribution in [-0.4, -0.2) is 29.9 Å². The number of ether oxygens (including phenoxy) is 1. The molecule has 0 amide bonds. The number of nitrogens with two attached hydrogens (primary N) is 1. The highest BCUT2D eigenvalue weighted by atomic mass is 32.2. The largest absolute Gasteiger partial charge is 0.465 e. The zero-order chi connectivity index (χ0) is 12.7. The molecule has 1 heterocycles. The molecule has 2 N–H and O–H groups in total. The van der Waals surface area contributed by atoms with Crippen LogP contribution in [0, 0.1) is 0 Å². The lowest BCUT2D eigenvalue weighted by atomic mass is 10.2. The van der Waals surface area contributed by atoms with Gasteiger partial charge in [0.25, 0.3) is 0 Å². The Kier molecular flexibility index (Phi) is 6.00. The van der Waals surface area contributed by atoms with E-state index in [-0.39, 0.29) is 12.0 Å². The summed E-state index contributed by atoms with van der Waals surface area (Å²) in [5, 5.41) is 0. The summed E-state index contributed by atoms with van der Waals surface area (Å²) < 4.78 is 4.60. The summed E-state index contributed by atoms with van der Waals surface area (Å²) in [6, 6.07) is 3.84. The molecule has 0 aliphatic heterocycles. The van der Waals surface area contributed by atoms with Crippen LogP contribution < -0.4 is 5.73 Å². The molecule has 0 aromatic carbocycles. The number of pyridine rings is 1. The molecule has 4 nitrogen and oxygen atoms in total. The molecule has 0 aliphatic rings. The van der Waals surface area contributed by atoms with E-state index >= 15 is 0 Å². The second-order valence-electron chi connectivity index (χ2n) is 3.85. The SMILES string of the molecule is COC(=O)c1ccc(CSCCC(C)N)nc1. The fraction of sp³-hybridized carbons (Fsp3) is 0.500. The van der Waals surface area contributed by atoms with Gasteiger partial charge < -0.3 is 10.5 Å². The van der Waals surface area contributed by atoms with Gasteiger partial charge in [0.1, 0.15) is 0 Å². The molecule has 1 aromatic rings. The van der Waals surface area contributed by atoms with Gasteiger partial charge in [-0.25, -0.2) is 4.79 Å². The summed E-state index contributed by atoms with van der Waals surface area (Å²) in [6.45, 7) is 2.00. The van der Waals surface area contributed by atoms with Gasteiger partial charge in [-0.2, -0.15) is 11.8 Å². The summed E-state index contributed by atoms with van der Waals surface area (Å²) in [4.78, 5) is 15.4. The molecule has 1 aromatic heterocycles. The van der Waals surface area contributed by atoms with Crippen molar-refractivity contribution in [1.82, 2.24) is 4.98 Å². The van der Waals surface area contributed by atoms with Crippen LogP contribution in [0.4, 0.5) is 0 Å². The van der Waals surface area contributed by atoms with E-state index in [2.05, 4.69) is 9.72 Å². The minimum atomic E-state index is -0.353. The van der Waals surface area contributed by atoms with Crippen LogP contribution in [-0.2, 0) is 10.5 Å². The molecule has 0 bridgehead atoms. The van der Waals surface area contributed by atoms with E-state index in [0.29, 0.717) is 5.56 Å². The van der Waals surface area contributed by atoms with Gasteiger partial charge in [-0.1, -0.05) is 0 Å². The van der Waals surface area contributed by atoms with Gasteiger partial charge in [-0.3, -0.25) is 4.98 Å². The van der Waals surface area contributed by atoms with Crippen molar-refractivity contribution in [1.29, 1.82) is 0 Å². The number of rotatable bonds is 6. The van der Waals surface area contributed by atoms with Gasteiger partial charge in [0.05, 0.1) is 18.4 Å². The van der Waals surface area contributed by atoms with Gasteiger partial charge in [0.15, 0.2) is 0 Å². The molecule has 5 heteroatoms. The maximum atomic E-state index is 11.2. The number of carbonyl (C=O) groups is 1. The van der Waals surface area contributed by atoms with Crippen LogP contribution >= 0.6 is 11.8 Å². The number of thioether (sulfide) groups is 1. The Labute approximate surface area is 106 Å². The zero-order valence-corrected chi connectivity index (χ0v) is 11.0. The van der Waals surface area contributed by atoms with E-state index < -0.39 is 0 Å². The Morgan fingerprint density at radius 2 is 2.35 bits per heavy atom. The monoisotopic (exact) mass is 254 g/mol. The molecule has 0 fully saturated rings. The zero-order valence-electron chi connectivity index (χ0n) is 10.2. The van der Waals surface area contributed by atoms with Crippen molar-refractivity contribution in [2.75, 3.05) is 12.9 Å². The van der Waals surface area contributed by atoms with Crippen molar-refractivity contribution in [3.05, 3.63) is 29.6 Å². The summed E-state index contributed by atoms with van der Waals surface area (Å²) >= 11 is 1.80. The van der Waals surface area contributed by atoms with Crippen LogP contribution in [0.15, 0.2) is 18.3 Å². The van der Waals surface area contributed by atoms with Crippen LogP contribution in [0.5, 0.6) is 0 Å². The van der Waals surface area contributed by atoms with Crippen molar-refractivity contribution < 1.29 is 9.53 Å². The molecule has 0 spiro atoms. The van der Waals surface area contributed by atoms with E-state index in [1.807, 2.05) is 13.0 Å². The maximum absolute atomic E-state index is 11.2. The summed E-state index contributed by atoms with van der Waals surface area (Å²) in [7, 11) is 1.36. The van der Waals surface area contributed by atoms with E-state index in [9.17, 15) is 4.79 Å². The van der Waals surface area contributed by atoms with Gasteiger partial charge in [0, 0.05) is 18.0 Å². The Balaban J connectivity index is 2.38. The second kappa shape index (κ2) is 7.29. The molecular formula is C12H18N2O2S. The van der Waals surface area contributed by atoms with Gasteiger partial charge in [0.2, 0.25) is 0 Å². The van der Waals surface area contributed by atoms with E-state index in [4.69, 9.17) is 5.73 Å². The third-order valence-corrected chi connectivity index (χ3v) is 3.24. The van der Waals surface area contributed by atoms with Crippen LogP contribution in [0.3, 0.4) is 0 Å². The molecule has 0 aliphatic carbocycles. The minimum Gasteiger partial charge on any atom is -0.465 e. The Morgan fingerprint density at radius 3 is 2.88 bits per heavy atom. The molecule has 1 atom stereocenters. The quantitative estimate of drug-likeness (QED) is 0.620. The molecule has 0 saturated carbocycles.